The largest absolute Gasteiger partial charge is 0.443 e. The van der Waals surface area contributed by atoms with Crippen molar-refractivity contribution in [3.63, 3.8) is 0 Å². The van der Waals surface area contributed by atoms with E-state index in [1.807, 2.05) is 6.07 Å². The number of carbonyl (C=O) groups is 1. The van der Waals surface area contributed by atoms with Crippen molar-refractivity contribution in [3.05, 3.63) is 29.3 Å². The number of amides is 1. The van der Waals surface area contributed by atoms with E-state index in [1.54, 1.807) is 18.2 Å². The molecule has 15 heavy (non-hydrogen) atoms. The third-order valence-electron chi connectivity index (χ3n) is 2.26. The molecule has 0 unspecified atom stereocenters. The van der Waals surface area contributed by atoms with E-state index in [0.717, 1.165) is 5.69 Å². The van der Waals surface area contributed by atoms with E-state index >= 15 is 0 Å². The van der Waals surface area contributed by atoms with E-state index in [0.29, 0.717) is 18.1 Å². The Kier molecular flexibility index (Phi) is 2.79. The maximum Gasteiger partial charge on any atom is 0.414 e. The first-order valence-electron chi connectivity index (χ1n) is 4.64. The van der Waals surface area contributed by atoms with Crippen molar-refractivity contribution < 1.29 is 9.53 Å². The second-order valence-corrected chi connectivity index (χ2v) is 3.77. The van der Waals surface area contributed by atoms with E-state index < -0.39 is 0 Å². The zero-order chi connectivity index (χ0) is 10.8. The molecule has 0 bridgehead atoms. The zero-order valence-corrected chi connectivity index (χ0v) is 8.78. The number of halogens is 1. The van der Waals surface area contributed by atoms with Crippen molar-refractivity contribution in [2.45, 2.75) is 6.10 Å². The third-order valence-corrected chi connectivity index (χ3v) is 2.49. The number of carbonyl (C=O) groups excluding carboxylic acids is 1. The molecule has 2 N–H and O–H groups in total. The van der Waals surface area contributed by atoms with Crippen molar-refractivity contribution in [1.29, 1.82) is 0 Å². The minimum absolute atomic E-state index is 0.225. The van der Waals surface area contributed by atoms with Crippen LogP contribution < -0.4 is 10.6 Å². The number of rotatable bonds is 2. The van der Waals surface area contributed by atoms with Gasteiger partial charge in [-0.3, -0.25) is 4.90 Å². The highest BCUT2D eigenvalue weighted by molar-refractivity contribution is 6.30. The molecule has 1 heterocycles. The summed E-state index contributed by atoms with van der Waals surface area (Å²) in [6, 6.07) is 7.08. The van der Waals surface area contributed by atoms with Crippen LogP contribution in [-0.4, -0.2) is 25.3 Å². The maximum absolute atomic E-state index is 11.5. The summed E-state index contributed by atoms with van der Waals surface area (Å²) in [6.45, 7) is 0.818. The van der Waals surface area contributed by atoms with Gasteiger partial charge >= 0.3 is 6.09 Å². The smallest absolute Gasteiger partial charge is 0.414 e. The van der Waals surface area contributed by atoms with Crippen LogP contribution in [0.2, 0.25) is 5.02 Å². The summed E-state index contributed by atoms with van der Waals surface area (Å²) in [4.78, 5) is 13.0. The number of ether oxygens (including phenoxy) is 1. The molecule has 1 saturated heterocycles. The summed E-state index contributed by atoms with van der Waals surface area (Å²) in [5.41, 5.74) is 6.18. The van der Waals surface area contributed by atoms with Crippen LogP contribution in [0.4, 0.5) is 10.5 Å². The van der Waals surface area contributed by atoms with Gasteiger partial charge in [0, 0.05) is 17.3 Å². The lowest BCUT2D eigenvalue weighted by Crippen LogP contribution is -2.27. The summed E-state index contributed by atoms with van der Waals surface area (Å²) in [7, 11) is 0. The van der Waals surface area contributed by atoms with Crippen LogP contribution in [0.25, 0.3) is 0 Å². The fourth-order valence-corrected chi connectivity index (χ4v) is 1.68. The Morgan fingerprint density at radius 3 is 3.00 bits per heavy atom. The molecule has 1 aromatic carbocycles. The third kappa shape index (κ3) is 2.06. The average molecular weight is 227 g/mol. The van der Waals surface area contributed by atoms with Crippen molar-refractivity contribution in [2.24, 2.45) is 5.73 Å². The number of anilines is 1. The average Bonchev–Trinajstić information content (AvgIpc) is 2.60. The van der Waals surface area contributed by atoms with Crippen molar-refractivity contribution in [2.75, 3.05) is 18.0 Å². The highest BCUT2D eigenvalue weighted by atomic mass is 35.5. The van der Waals surface area contributed by atoms with Crippen molar-refractivity contribution >= 4 is 23.4 Å². The molecular weight excluding hydrogens is 216 g/mol. The highest BCUT2D eigenvalue weighted by Crippen LogP contribution is 2.23. The number of nitrogens with two attached hydrogens (primary N) is 1. The molecule has 5 heteroatoms. The Morgan fingerprint density at radius 1 is 1.60 bits per heavy atom. The van der Waals surface area contributed by atoms with E-state index in [-0.39, 0.29) is 12.2 Å². The first-order chi connectivity index (χ1) is 7.20. The van der Waals surface area contributed by atoms with Gasteiger partial charge < -0.3 is 10.5 Å². The summed E-state index contributed by atoms with van der Waals surface area (Å²) in [6.07, 6.45) is -0.593. The van der Waals surface area contributed by atoms with E-state index in [2.05, 4.69) is 0 Å². The second kappa shape index (κ2) is 4.08. The number of nitrogens with zero attached hydrogens (tertiary/aromatic N) is 1. The van der Waals surface area contributed by atoms with Gasteiger partial charge in [-0.25, -0.2) is 4.79 Å². The minimum Gasteiger partial charge on any atom is -0.443 e. The van der Waals surface area contributed by atoms with Gasteiger partial charge in [0.15, 0.2) is 0 Å². The molecule has 80 valence electrons. The molecule has 1 aliphatic rings. The maximum atomic E-state index is 11.5. The molecule has 1 fully saturated rings. The van der Waals surface area contributed by atoms with Crippen molar-refractivity contribution in [1.82, 2.24) is 0 Å². The monoisotopic (exact) mass is 226 g/mol. The molecule has 1 aromatic rings. The van der Waals surface area contributed by atoms with Crippen LogP contribution in [0.15, 0.2) is 24.3 Å². The summed E-state index contributed by atoms with van der Waals surface area (Å²) in [5, 5.41) is 0.594. The topological polar surface area (TPSA) is 55.6 Å². The fourth-order valence-electron chi connectivity index (χ4n) is 1.50. The van der Waals surface area contributed by atoms with Gasteiger partial charge in [0.25, 0.3) is 0 Å². The van der Waals surface area contributed by atoms with Crippen LogP contribution >= 0.6 is 11.6 Å². The molecule has 0 saturated carbocycles. The lowest BCUT2D eigenvalue weighted by Gasteiger charge is -2.12. The Labute approximate surface area is 92.6 Å². The molecule has 1 atom stereocenters. The Balaban J connectivity index is 2.21. The van der Waals surface area contributed by atoms with E-state index in [1.165, 1.54) is 4.90 Å². The van der Waals surface area contributed by atoms with Crippen LogP contribution in [0.5, 0.6) is 0 Å². The zero-order valence-electron chi connectivity index (χ0n) is 8.02. The Morgan fingerprint density at radius 2 is 2.40 bits per heavy atom. The van der Waals surface area contributed by atoms with Gasteiger partial charge in [-0.1, -0.05) is 17.7 Å². The Hall–Kier alpha value is -1.26. The van der Waals surface area contributed by atoms with Gasteiger partial charge in [0.05, 0.1) is 6.54 Å². The first-order valence-corrected chi connectivity index (χ1v) is 5.02. The normalized spacial score (nSPS) is 20.5. The van der Waals surface area contributed by atoms with Gasteiger partial charge in [-0.05, 0) is 18.2 Å². The molecule has 1 aliphatic heterocycles. The van der Waals surface area contributed by atoms with Crippen LogP contribution in [-0.2, 0) is 4.74 Å². The Bertz CT molecular complexity index is 383. The molecule has 2 rings (SSSR count). The summed E-state index contributed by atoms with van der Waals surface area (Å²) >= 11 is 5.84. The molecule has 0 aromatic heterocycles. The number of hydrogen-bond donors (Lipinski definition) is 1. The number of cyclic esters (lactones) is 1. The lowest BCUT2D eigenvalue weighted by molar-refractivity contribution is 0.145. The summed E-state index contributed by atoms with van der Waals surface area (Å²) < 4.78 is 5.04. The van der Waals surface area contributed by atoms with Crippen LogP contribution in [0.1, 0.15) is 0 Å². The standard InChI is InChI=1S/C10H11ClN2O2/c11-7-2-1-3-8(4-7)13-6-9(5-12)15-10(13)14/h1-4,9H,5-6,12H2/t9-/m1/s1. The SMILES string of the molecule is NC[C@@H]1CN(c2cccc(Cl)c2)C(=O)O1. The van der Waals surface area contributed by atoms with Crippen LogP contribution in [0, 0.1) is 0 Å². The van der Waals surface area contributed by atoms with Gasteiger partial charge in [-0.2, -0.15) is 0 Å². The predicted octanol–water partition coefficient (Wildman–Crippen LogP) is 1.62. The molecule has 0 aliphatic carbocycles. The quantitative estimate of drug-likeness (QED) is 0.834. The van der Waals surface area contributed by atoms with E-state index in [4.69, 9.17) is 22.1 Å². The van der Waals surface area contributed by atoms with Crippen LogP contribution in [0.3, 0.4) is 0 Å². The van der Waals surface area contributed by atoms with Gasteiger partial charge in [0.2, 0.25) is 0 Å². The summed E-state index contributed by atoms with van der Waals surface area (Å²) in [5.74, 6) is 0. The number of hydrogen-bond acceptors (Lipinski definition) is 3. The van der Waals surface area contributed by atoms with E-state index in [9.17, 15) is 4.79 Å². The molecular formula is C10H11ClN2O2. The lowest BCUT2D eigenvalue weighted by atomic mass is 10.3. The molecule has 0 radical (unpaired) electrons. The highest BCUT2D eigenvalue weighted by Gasteiger charge is 2.31. The van der Waals surface area contributed by atoms with Gasteiger partial charge in [0.1, 0.15) is 6.10 Å². The van der Waals surface area contributed by atoms with Crippen molar-refractivity contribution in [3.8, 4) is 0 Å². The minimum atomic E-state index is -0.368. The van der Waals surface area contributed by atoms with Gasteiger partial charge in [-0.15, -0.1) is 0 Å². The predicted molar refractivity (Wildman–Crippen MR) is 58.1 cm³/mol. The number of benzene rings is 1. The molecule has 1 amide bonds. The fraction of sp³-hybridized carbons (Fsp3) is 0.300. The second-order valence-electron chi connectivity index (χ2n) is 3.33. The first kappa shape index (κ1) is 10.3. The molecule has 0 spiro atoms. The molecule has 4 nitrogen and oxygen atoms in total.